The Kier molecular flexibility index (Phi) is 3.78. The molecule has 0 bridgehead atoms. The van der Waals surface area contributed by atoms with Gasteiger partial charge in [-0.25, -0.2) is 0 Å². The molecule has 78 valence electrons. The van der Waals surface area contributed by atoms with Gasteiger partial charge in [0, 0.05) is 0 Å². The van der Waals surface area contributed by atoms with Crippen LogP contribution >= 0.6 is 0 Å². The minimum absolute atomic E-state index is 0.144. The summed E-state index contributed by atoms with van der Waals surface area (Å²) < 4.78 is 6.07. The van der Waals surface area contributed by atoms with Crippen LogP contribution in [0.1, 0.15) is 59.8 Å². The lowest BCUT2D eigenvalue weighted by molar-refractivity contribution is -0.105. The van der Waals surface area contributed by atoms with Gasteiger partial charge in [-0.15, -0.1) is 0 Å². The summed E-state index contributed by atoms with van der Waals surface area (Å²) in [5, 5.41) is 0. The van der Waals surface area contributed by atoms with E-state index >= 15 is 0 Å². The molecule has 13 heavy (non-hydrogen) atoms. The third-order valence-corrected chi connectivity index (χ3v) is 3.43. The second-order valence-electron chi connectivity index (χ2n) is 4.81. The molecule has 1 rings (SSSR count). The molecule has 0 aromatic carbocycles. The van der Waals surface area contributed by atoms with Crippen molar-refractivity contribution in [1.82, 2.24) is 0 Å². The summed E-state index contributed by atoms with van der Waals surface area (Å²) in [6.07, 6.45) is 7.07. The summed E-state index contributed by atoms with van der Waals surface area (Å²) in [4.78, 5) is 0. The van der Waals surface area contributed by atoms with Crippen molar-refractivity contribution in [2.24, 2.45) is 5.92 Å². The fraction of sp³-hybridized carbons (Fsp3) is 1.00. The lowest BCUT2D eigenvalue weighted by Crippen LogP contribution is -2.38. The first-order valence-corrected chi connectivity index (χ1v) is 5.76. The summed E-state index contributed by atoms with van der Waals surface area (Å²) in [5.74, 6) is 0.805. The first-order chi connectivity index (χ1) is 6.08. The molecule has 0 aliphatic heterocycles. The molecule has 1 nitrogen and oxygen atoms in total. The third-order valence-electron chi connectivity index (χ3n) is 3.43. The van der Waals surface area contributed by atoms with Crippen LogP contribution in [0.3, 0.4) is 0 Å². The van der Waals surface area contributed by atoms with Gasteiger partial charge in [-0.3, -0.25) is 0 Å². The number of rotatable bonds is 4. The van der Waals surface area contributed by atoms with Gasteiger partial charge in [0.05, 0.1) is 11.7 Å². The lowest BCUT2D eigenvalue weighted by Gasteiger charge is -2.36. The van der Waals surface area contributed by atoms with E-state index in [1.165, 1.54) is 25.7 Å². The topological polar surface area (TPSA) is 9.23 Å². The van der Waals surface area contributed by atoms with E-state index < -0.39 is 0 Å². The number of hydrogen-bond acceptors (Lipinski definition) is 1. The number of hydrogen-bond donors (Lipinski definition) is 0. The zero-order valence-electron chi connectivity index (χ0n) is 9.60. The predicted octanol–water partition coefficient (Wildman–Crippen LogP) is 3.77. The fourth-order valence-corrected chi connectivity index (χ4v) is 2.54. The number of ether oxygens (including phenoxy) is 1. The quantitative estimate of drug-likeness (QED) is 0.646. The summed E-state index contributed by atoms with van der Waals surface area (Å²) in [7, 11) is 0. The molecule has 1 aliphatic rings. The highest BCUT2D eigenvalue weighted by atomic mass is 16.5. The standard InChI is InChI=1S/C12H24O/c1-5-12(4,13-10(2)3)11-8-6-7-9-11/h10-11H,5-9H2,1-4H3. The monoisotopic (exact) mass is 184 g/mol. The molecular formula is C12H24O. The van der Waals surface area contributed by atoms with Crippen molar-refractivity contribution in [3.05, 3.63) is 0 Å². The van der Waals surface area contributed by atoms with Gasteiger partial charge in [0.2, 0.25) is 0 Å². The van der Waals surface area contributed by atoms with E-state index in [-0.39, 0.29) is 5.60 Å². The summed E-state index contributed by atoms with van der Waals surface area (Å²) in [5.41, 5.74) is 0.144. The zero-order chi connectivity index (χ0) is 9.90. The SMILES string of the molecule is CCC(C)(OC(C)C)C1CCCC1. The van der Waals surface area contributed by atoms with Crippen LogP contribution in [0.5, 0.6) is 0 Å². The Balaban J connectivity index is 2.55. The molecule has 1 unspecified atom stereocenters. The Morgan fingerprint density at radius 1 is 1.31 bits per heavy atom. The van der Waals surface area contributed by atoms with Crippen LogP contribution in [0.15, 0.2) is 0 Å². The molecule has 0 heterocycles. The molecule has 0 aromatic heterocycles. The van der Waals surface area contributed by atoms with Crippen LogP contribution < -0.4 is 0 Å². The Morgan fingerprint density at radius 3 is 2.23 bits per heavy atom. The van der Waals surface area contributed by atoms with Gasteiger partial charge in [-0.05, 0) is 46.0 Å². The predicted molar refractivity (Wildman–Crippen MR) is 56.9 cm³/mol. The van der Waals surface area contributed by atoms with Crippen molar-refractivity contribution in [2.75, 3.05) is 0 Å². The third kappa shape index (κ3) is 2.70. The molecule has 1 saturated carbocycles. The first-order valence-electron chi connectivity index (χ1n) is 5.76. The Hall–Kier alpha value is -0.0400. The highest BCUT2D eigenvalue weighted by Crippen LogP contribution is 2.38. The van der Waals surface area contributed by atoms with Gasteiger partial charge in [0.1, 0.15) is 0 Å². The average molecular weight is 184 g/mol. The van der Waals surface area contributed by atoms with Crippen molar-refractivity contribution >= 4 is 0 Å². The molecule has 0 radical (unpaired) electrons. The van der Waals surface area contributed by atoms with E-state index in [4.69, 9.17) is 4.74 Å². The average Bonchev–Trinajstić information content (AvgIpc) is 2.55. The van der Waals surface area contributed by atoms with Crippen LogP contribution in [-0.2, 0) is 4.74 Å². The molecule has 0 aromatic rings. The maximum Gasteiger partial charge on any atom is 0.0683 e. The van der Waals surface area contributed by atoms with Crippen LogP contribution in [0.4, 0.5) is 0 Å². The van der Waals surface area contributed by atoms with Crippen molar-refractivity contribution in [1.29, 1.82) is 0 Å². The summed E-state index contributed by atoms with van der Waals surface area (Å²) in [6.45, 7) is 8.83. The van der Waals surface area contributed by atoms with Crippen molar-refractivity contribution in [3.8, 4) is 0 Å². The summed E-state index contributed by atoms with van der Waals surface area (Å²) >= 11 is 0. The van der Waals surface area contributed by atoms with Crippen LogP contribution in [0.25, 0.3) is 0 Å². The van der Waals surface area contributed by atoms with E-state index in [1.54, 1.807) is 0 Å². The summed E-state index contributed by atoms with van der Waals surface area (Å²) in [6, 6.07) is 0. The van der Waals surface area contributed by atoms with Crippen molar-refractivity contribution in [3.63, 3.8) is 0 Å². The van der Waals surface area contributed by atoms with E-state index in [0.717, 1.165) is 12.3 Å². The smallest absolute Gasteiger partial charge is 0.0683 e. The zero-order valence-corrected chi connectivity index (χ0v) is 9.60. The minimum atomic E-state index is 0.144. The van der Waals surface area contributed by atoms with Gasteiger partial charge in [0.25, 0.3) is 0 Å². The molecule has 0 spiro atoms. The van der Waals surface area contributed by atoms with Gasteiger partial charge in [-0.2, -0.15) is 0 Å². The molecule has 0 N–H and O–H groups in total. The molecular weight excluding hydrogens is 160 g/mol. The van der Waals surface area contributed by atoms with E-state index in [1.807, 2.05) is 0 Å². The van der Waals surface area contributed by atoms with Gasteiger partial charge in [0.15, 0.2) is 0 Å². The van der Waals surface area contributed by atoms with Gasteiger partial charge >= 0.3 is 0 Å². The molecule has 0 amide bonds. The molecule has 1 fully saturated rings. The van der Waals surface area contributed by atoms with Gasteiger partial charge in [-0.1, -0.05) is 19.8 Å². The fourth-order valence-electron chi connectivity index (χ4n) is 2.54. The second-order valence-corrected chi connectivity index (χ2v) is 4.81. The second kappa shape index (κ2) is 4.45. The maximum absolute atomic E-state index is 6.07. The highest BCUT2D eigenvalue weighted by molar-refractivity contribution is 4.86. The minimum Gasteiger partial charge on any atom is -0.372 e. The maximum atomic E-state index is 6.07. The Labute approximate surface area is 82.9 Å². The Morgan fingerprint density at radius 2 is 1.85 bits per heavy atom. The van der Waals surface area contributed by atoms with Crippen LogP contribution in [0.2, 0.25) is 0 Å². The molecule has 0 saturated heterocycles. The first kappa shape index (κ1) is 11.0. The van der Waals surface area contributed by atoms with E-state index in [2.05, 4.69) is 27.7 Å². The lowest BCUT2D eigenvalue weighted by atomic mass is 9.85. The van der Waals surface area contributed by atoms with Crippen molar-refractivity contribution < 1.29 is 4.74 Å². The van der Waals surface area contributed by atoms with E-state index in [9.17, 15) is 0 Å². The van der Waals surface area contributed by atoms with Crippen LogP contribution in [0, 0.1) is 5.92 Å². The Bertz CT molecular complexity index is 147. The highest BCUT2D eigenvalue weighted by Gasteiger charge is 2.35. The van der Waals surface area contributed by atoms with Gasteiger partial charge < -0.3 is 4.74 Å². The largest absolute Gasteiger partial charge is 0.372 e. The molecule has 1 atom stereocenters. The van der Waals surface area contributed by atoms with E-state index in [0.29, 0.717) is 6.10 Å². The normalized spacial score (nSPS) is 23.8. The molecule has 1 heteroatoms. The van der Waals surface area contributed by atoms with Crippen molar-refractivity contribution in [2.45, 2.75) is 71.5 Å². The molecule has 1 aliphatic carbocycles. The van der Waals surface area contributed by atoms with Crippen LogP contribution in [-0.4, -0.2) is 11.7 Å².